The Balaban J connectivity index is 0.688. The van der Waals surface area contributed by atoms with Crippen LogP contribution in [0, 0.1) is 5.82 Å². The number of benzene rings is 2. The normalized spacial score (nSPS) is 21.7. The quantitative estimate of drug-likeness (QED) is 0.117. The summed E-state index contributed by atoms with van der Waals surface area (Å²) in [5.41, 5.74) is 5.97. The van der Waals surface area contributed by atoms with Crippen molar-refractivity contribution in [3.05, 3.63) is 105 Å². The second-order valence-corrected chi connectivity index (χ2v) is 26.6. The molecule has 2 N–H and O–H groups in total. The number of hydrogen-bond donors (Lipinski definition) is 2. The molecule has 0 aliphatic carbocycles. The van der Waals surface area contributed by atoms with Crippen molar-refractivity contribution in [3.63, 3.8) is 0 Å². The molecule has 81 heavy (non-hydrogen) atoms. The lowest BCUT2D eigenvalue weighted by molar-refractivity contribution is -0.121. The predicted molar refractivity (Wildman–Crippen MR) is 312 cm³/mol. The Kier molecular flexibility index (Phi) is 17.0. The van der Waals surface area contributed by atoms with Crippen LogP contribution in [0.4, 0.5) is 21.8 Å². The maximum Gasteiger partial charge on any atom is 0.254 e. The van der Waals surface area contributed by atoms with Gasteiger partial charge in [0.15, 0.2) is 21.4 Å². The van der Waals surface area contributed by atoms with Gasteiger partial charge in [-0.3, -0.25) is 24.3 Å². The van der Waals surface area contributed by atoms with E-state index in [1.165, 1.54) is 18.5 Å². The topological polar surface area (TPSA) is 205 Å². The number of halogens is 1. The molecule has 3 fully saturated rings. The summed E-state index contributed by atoms with van der Waals surface area (Å²) in [6.45, 7) is 25.4. The highest BCUT2D eigenvalue weighted by atomic mass is 32.2. The molecule has 3 atom stereocenters. The third-order valence-electron chi connectivity index (χ3n) is 16.4. The first kappa shape index (κ1) is 57.8. The molecule has 0 spiro atoms. The lowest BCUT2D eigenvalue weighted by Crippen LogP contribution is -2.61. The van der Waals surface area contributed by atoms with E-state index in [0.717, 1.165) is 92.8 Å². The first-order valence-electron chi connectivity index (χ1n) is 28.3. The van der Waals surface area contributed by atoms with Crippen molar-refractivity contribution in [2.45, 2.75) is 101 Å². The molecule has 5 aliphatic heterocycles. The van der Waals surface area contributed by atoms with Gasteiger partial charge in [0.2, 0.25) is 11.9 Å². The number of nitrogens with one attached hydrogen (secondary N) is 2. The number of hydrogen-bond acceptors (Lipinski definition) is 18. The zero-order valence-corrected chi connectivity index (χ0v) is 49.1. The van der Waals surface area contributed by atoms with Gasteiger partial charge in [0.25, 0.3) is 5.56 Å². The van der Waals surface area contributed by atoms with Crippen molar-refractivity contribution in [2.24, 2.45) is 12.0 Å². The van der Waals surface area contributed by atoms with Gasteiger partial charge in [0, 0.05) is 126 Å². The van der Waals surface area contributed by atoms with Crippen molar-refractivity contribution in [3.8, 4) is 11.5 Å². The van der Waals surface area contributed by atoms with Crippen molar-refractivity contribution >= 4 is 49.8 Å². The molecule has 20 nitrogen and oxygen atoms in total. The minimum atomic E-state index is -3.81. The summed E-state index contributed by atoms with van der Waals surface area (Å²) in [5, 5.41) is 7.50. The fourth-order valence-corrected chi connectivity index (χ4v) is 13.0. The molecule has 1 amide bonds. The molecule has 8 heterocycles. The number of aliphatic imine (C=N–C) groups is 1. The van der Waals surface area contributed by atoms with E-state index in [9.17, 15) is 22.4 Å². The number of allylic oxidation sites excluding steroid dienone is 1. The number of anilines is 2. The van der Waals surface area contributed by atoms with Gasteiger partial charge in [0.05, 0.1) is 66.1 Å². The number of morpholine rings is 1. The van der Waals surface area contributed by atoms with Crippen LogP contribution in [0.15, 0.2) is 87.1 Å². The number of aromatic nitrogens is 5. The van der Waals surface area contributed by atoms with Gasteiger partial charge >= 0.3 is 0 Å². The van der Waals surface area contributed by atoms with E-state index in [1.54, 1.807) is 69.0 Å². The summed E-state index contributed by atoms with van der Waals surface area (Å²) in [5.74, 6) is 1.57. The van der Waals surface area contributed by atoms with Crippen LogP contribution >= 0.6 is 0 Å². The average molecular weight is 1130 g/mol. The SMILES string of the molecule is CC1=C(C)C(=Nc2ncnc3cc(OCCCN4CCN(c5ncc(OC[C@H]6CN(C[C@H]7CN[C@H](C)CN7CC(=O)N7CC(C)(C)c8c7cc(Cc7ccc(F)cc7)c(=O)n8C)CCO6)cn5)CC4)c(S(=O)(=O)C(C)(C)C)cc23)CN1. The highest BCUT2D eigenvalue weighted by molar-refractivity contribution is 7.92. The van der Waals surface area contributed by atoms with Crippen LogP contribution < -0.4 is 35.5 Å². The third-order valence-corrected chi connectivity index (χ3v) is 18.9. The minimum Gasteiger partial charge on any atom is -0.492 e. The summed E-state index contributed by atoms with van der Waals surface area (Å²) in [4.78, 5) is 62.4. The van der Waals surface area contributed by atoms with Crippen molar-refractivity contribution in [1.82, 2.24) is 49.8 Å². The van der Waals surface area contributed by atoms with Crippen LogP contribution in [0.1, 0.15) is 78.6 Å². The predicted octanol–water partition coefficient (Wildman–Crippen LogP) is 5.05. The van der Waals surface area contributed by atoms with Crippen LogP contribution in [0.25, 0.3) is 10.9 Å². The molecule has 3 aromatic heterocycles. The molecule has 5 aromatic rings. The van der Waals surface area contributed by atoms with E-state index in [4.69, 9.17) is 19.2 Å². The maximum absolute atomic E-state index is 14.5. The molecular formula is C59H78FN13O7S. The molecule has 3 saturated heterocycles. The Morgan fingerprint density at radius 1 is 0.963 bits per heavy atom. The van der Waals surface area contributed by atoms with Crippen LogP contribution in [-0.4, -0.2) is 187 Å². The monoisotopic (exact) mass is 1130 g/mol. The number of carbonyl (C=O) groups is 1. The van der Waals surface area contributed by atoms with Gasteiger partial charge < -0.3 is 39.2 Å². The fraction of sp³-hybridized carbons (Fsp3) is 0.542. The Labute approximate surface area is 474 Å². The van der Waals surface area contributed by atoms with Gasteiger partial charge in [-0.25, -0.2) is 37.7 Å². The minimum absolute atomic E-state index is 0.000777. The Hall–Kier alpha value is -6.43. The van der Waals surface area contributed by atoms with Crippen molar-refractivity contribution in [2.75, 3.05) is 115 Å². The number of fused-ring (bicyclic) bond motifs is 2. The number of ether oxygens (including phenoxy) is 3. The van der Waals surface area contributed by atoms with Crippen molar-refractivity contribution < 1.29 is 31.8 Å². The van der Waals surface area contributed by atoms with Crippen LogP contribution in [0.3, 0.4) is 0 Å². The molecule has 434 valence electrons. The van der Waals surface area contributed by atoms with Crippen LogP contribution in [0.2, 0.25) is 0 Å². The molecule has 0 saturated carbocycles. The molecule has 5 aliphatic rings. The van der Waals surface area contributed by atoms with E-state index in [-0.39, 0.29) is 52.7 Å². The van der Waals surface area contributed by atoms with Gasteiger partial charge in [-0.1, -0.05) is 26.0 Å². The number of sulfone groups is 1. The molecule has 2 aromatic carbocycles. The van der Waals surface area contributed by atoms with Gasteiger partial charge in [-0.15, -0.1) is 0 Å². The lowest BCUT2D eigenvalue weighted by Gasteiger charge is -2.43. The standard InChI is InChI=1S/C59H78FN13O7S/c1-38-31-72(34-53(74)73-36-59(7,8)54-50(73)24-42(56(75)68(54)9)23-41-11-13-43(60)14-12-41)44(27-61-38)32-70-20-22-78-46(33-70)35-80-45-28-63-57(64-29-45)71-18-16-69(17-19-71)15-10-21-79-51-26-48-47(25-52(51)81(76,77)58(4,5)6)55(66-37-65-48)67-49-30-62-40(3)39(49)2/h11-14,24-26,28-29,37-38,44,46,61-62H,10,15-23,27,30-36H2,1-9H3/t38-,44-,46-/m1/s1. The summed E-state index contributed by atoms with van der Waals surface area (Å²) < 4.78 is 61.0. The number of carbonyl (C=O) groups excluding carboxylic acids is 1. The zero-order chi connectivity index (χ0) is 57.4. The second kappa shape index (κ2) is 23.8. The zero-order valence-electron chi connectivity index (χ0n) is 48.3. The first-order valence-corrected chi connectivity index (χ1v) is 29.8. The maximum atomic E-state index is 14.5. The van der Waals surface area contributed by atoms with E-state index in [2.05, 4.69) is 70.9 Å². The van der Waals surface area contributed by atoms with Gasteiger partial charge in [0.1, 0.15) is 35.5 Å². The highest BCUT2D eigenvalue weighted by Crippen LogP contribution is 2.41. The number of piperazine rings is 2. The molecule has 0 unspecified atom stereocenters. The molecule has 0 bridgehead atoms. The van der Waals surface area contributed by atoms with Crippen molar-refractivity contribution in [1.29, 1.82) is 0 Å². The van der Waals surface area contributed by atoms with Crippen LogP contribution in [-0.2, 0) is 38.3 Å². The Morgan fingerprint density at radius 2 is 1.72 bits per heavy atom. The number of rotatable bonds is 17. The largest absolute Gasteiger partial charge is 0.492 e. The Morgan fingerprint density at radius 3 is 2.43 bits per heavy atom. The summed E-state index contributed by atoms with van der Waals surface area (Å²) in [7, 11) is -2.03. The first-order chi connectivity index (χ1) is 38.6. The summed E-state index contributed by atoms with van der Waals surface area (Å²) in [6.07, 6.45) is 5.75. The Bertz CT molecular complexity index is 3360. The number of amides is 1. The number of nitrogens with zero attached hydrogens (tertiary/aromatic N) is 11. The molecule has 22 heteroatoms. The summed E-state index contributed by atoms with van der Waals surface area (Å²) >= 11 is 0. The molecule has 10 rings (SSSR count). The van der Waals surface area contributed by atoms with Gasteiger partial charge in [-0.05, 0) is 83.4 Å². The number of pyridine rings is 1. The van der Waals surface area contributed by atoms with E-state index < -0.39 is 20.0 Å². The van der Waals surface area contributed by atoms with Gasteiger partial charge in [-0.2, -0.15) is 0 Å². The van der Waals surface area contributed by atoms with E-state index in [0.29, 0.717) is 86.3 Å². The van der Waals surface area contributed by atoms with E-state index >= 15 is 0 Å². The smallest absolute Gasteiger partial charge is 0.254 e. The highest BCUT2D eigenvalue weighted by Gasteiger charge is 2.42. The van der Waals surface area contributed by atoms with Crippen LogP contribution in [0.5, 0.6) is 11.5 Å². The molecule has 0 radical (unpaired) electrons. The van der Waals surface area contributed by atoms with E-state index in [1.807, 2.05) is 24.8 Å². The third kappa shape index (κ3) is 12.8. The average Bonchev–Trinajstić information content (AvgIpc) is 4.07. The fourth-order valence-electron chi connectivity index (χ4n) is 11.6. The lowest BCUT2D eigenvalue weighted by atomic mass is 9.90. The summed E-state index contributed by atoms with van der Waals surface area (Å²) in [6, 6.07) is 11.7. The molecular weight excluding hydrogens is 1050 g/mol. The second-order valence-electron chi connectivity index (χ2n) is 23.9.